The van der Waals surface area contributed by atoms with Gasteiger partial charge in [-0.2, -0.15) is 0 Å². The fourth-order valence-electron chi connectivity index (χ4n) is 2.56. The zero-order valence-corrected chi connectivity index (χ0v) is 14.1. The molecular formula is C20H16F2N2O3. The summed E-state index contributed by atoms with van der Waals surface area (Å²) in [6, 6.07) is 14.7. The molecule has 0 aliphatic carbocycles. The maximum Gasteiger partial charge on any atom is 0.254 e. The molecule has 1 atom stereocenters. The van der Waals surface area contributed by atoms with E-state index in [1.54, 1.807) is 12.1 Å². The Hall–Kier alpha value is -3.48. The number of carbonyl (C=O) groups is 2. The summed E-state index contributed by atoms with van der Waals surface area (Å²) in [5.41, 5.74) is 0.464. The third-order valence-electron chi connectivity index (χ3n) is 3.85. The summed E-state index contributed by atoms with van der Waals surface area (Å²) >= 11 is 0. The smallest absolute Gasteiger partial charge is 0.254 e. The van der Waals surface area contributed by atoms with Crippen LogP contribution in [-0.2, 0) is 4.79 Å². The van der Waals surface area contributed by atoms with Crippen LogP contribution in [0, 0.1) is 11.6 Å². The van der Waals surface area contributed by atoms with Crippen molar-refractivity contribution in [2.75, 3.05) is 6.54 Å². The van der Waals surface area contributed by atoms with Gasteiger partial charge in [-0.3, -0.25) is 9.59 Å². The van der Waals surface area contributed by atoms with E-state index in [1.165, 1.54) is 6.26 Å². The molecule has 1 heterocycles. The fourth-order valence-corrected chi connectivity index (χ4v) is 2.56. The van der Waals surface area contributed by atoms with E-state index in [4.69, 9.17) is 4.42 Å². The molecule has 2 aromatic carbocycles. The predicted octanol–water partition coefficient (Wildman–Crippen LogP) is 3.19. The van der Waals surface area contributed by atoms with Crippen molar-refractivity contribution in [3.05, 3.63) is 95.4 Å². The lowest BCUT2D eigenvalue weighted by molar-refractivity contribution is -0.120. The van der Waals surface area contributed by atoms with E-state index in [1.807, 2.05) is 30.3 Å². The Bertz CT molecular complexity index is 928. The SMILES string of the molecule is O=C(CNC(=O)c1ccc(F)cc1F)NC(c1ccccc1)c1ccco1. The van der Waals surface area contributed by atoms with Gasteiger partial charge >= 0.3 is 0 Å². The molecule has 0 saturated carbocycles. The second kappa shape index (κ2) is 8.27. The monoisotopic (exact) mass is 370 g/mol. The van der Waals surface area contributed by atoms with Gasteiger partial charge in [-0.25, -0.2) is 8.78 Å². The number of hydrogen-bond donors (Lipinski definition) is 2. The highest BCUT2D eigenvalue weighted by Crippen LogP contribution is 2.22. The quantitative estimate of drug-likeness (QED) is 0.700. The molecule has 0 saturated heterocycles. The first kappa shape index (κ1) is 18.3. The zero-order valence-electron chi connectivity index (χ0n) is 14.1. The second-order valence-electron chi connectivity index (χ2n) is 5.73. The molecule has 2 N–H and O–H groups in total. The van der Waals surface area contributed by atoms with Gasteiger partial charge in [-0.1, -0.05) is 30.3 Å². The predicted molar refractivity (Wildman–Crippen MR) is 93.8 cm³/mol. The number of hydrogen-bond acceptors (Lipinski definition) is 3. The number of carbonyl (C=O) groups excluding carboxylic acids is 2. The van der Waals surface area contributed by atoms with Crippen LogP contribution >= 0.6 is 0 Å². The summed E-state index contributed by atoms with van der Waals surface area (Å²) in [5.74, 6) is -2.55. The molecule has 138 valence electrons. The molecule has 27 heavy (non-hydrogen) atoms. The number of benzene rings is 2. The van der Waals surface area contributed by atoms with Gasteiger partial charge in [0, 0.05) is 6.07 Å². The Morgan fingerprint density at radius 3 is 2.44 bits per heavy atom. The Morgan fingerprint density at radius 2 is 1.78 bits per heavy atom. The molecule has 0 radical (unpaired) electrons. The molecule has 2 amide bonds. The second-order valence-corrected chi connectivity index (χ2v) is 5.73. The van der Waals surface area contributed by atoms with Crippen LogP contribution in [0.25, 0.3) is 0 Å². The molecule has 3 aromatic rings. The molecule has 1 aromatic heterocycles. The van der Waals surface area contributed by atoms with Crippen molar-refractivity contribution in [1.29, 1.82) is 0 Å². The summed E-state index contributed by atoms with van der Waals surface area (Å²) in [7, 11) is 0. The highest BCUT2D eigenvalue weighted by molar-refractivity contribution is 5.96. The number of nitrogens with one attached hydrogen (secondary N) is 2. The minimum absolute atomic E-state index is 0.338. The molecule has 3 rings (SSSR count). The lowest BCUT2D eigenvalue weighted by Gasteiger charge is -2.17. The average Bonchev–Trinajstić information content (AvgIpc) is 3.19. The van der Waals surface area contributed by atoms with Gasteiger partial charge < -0.3 is 15.1 Å². The summed E-state index contributed by atoms with van der Waals surface area (Å²) in [4.78, 5) is 24.3. The van der Waals surface area contributed by atoms with E-state index in [-0.39, 0.29) is 12.1 Å². The van der Waals surface area contributed by atoms with E-state index in [0.29, 0.717) is 11.8 Å². The lowest BCUT2D eigenvalue weighted by atomic mass is 10.0. The molecule has 0 bridgehead atoms. The summed E-state index contributed by atoms with van der Waals surface area (Å²) < 4.78 is 31.9. The van der Waals surface area contributed by atoms with Crippen molar-refractivity contribution >= 4 is 11.8 Å². The van der Waals surface area contributed by atoms with Crippen LogP contribution in [0.2, 0.25) is 0 Å². The Kier molecular flexibility index (Phi) is 5.61. The Balaban J connectivity index is 1.65. The van der Waals surface area contributed by atoms with E-state index in [2.05, 4.69) is 10.6 Å². The normalized spacial score (nSPS) is 11.6. The standard InChI is InChI=1S/C20H16F2N2O3/c21-14-8-9-15(16(22)11-14)20(26)23-12-18(25)24-19(17-7-4-10-27-17)13-5-2-1-3-6-13/h1-11,19H,12H2,(H,23,26)(H,24,25). The Morgan fingerprint density at radius 1 is 1.00 bits per heavy atom. The van der Waals surface area contributed by atoms with Crippen molar-refractivity contribution in [3.63, 3.8) is 0 Å². The first-order valence-electron chi connectivity index (χ1n) is 8.15. The van der Waals surface area contributed by atoms with Crippen LogP contribution in [0.4, 0.5) is 8.78 Å². The summed E-state index contributed by atoms with van der Waals surface area (Å²) in [6.45, 7) is -0.375. The molecular weight excluding hydrogens is 354 g/mol. The molecule has 0 aliphatic rings. The van der Waals surface area contributed by atoms with Crippen LogP contribution < -0.4 is 10.6 Å². The van der Waals surface area contributed by atoms with Crippen LogP contribution in [0.3, 0.4) is 0 Å². The first-order valence-corrected chi connectivity index (χ1v) is 8.15. The van der Waals surface area contributed by atoms with Crippen LogP contribution in [0.5, 0.6) is 0 Å². The number of halogens is 2. The van der Waals surface area contributed by atoms with Gasteiger partial charge in [0.2, 0.25) is 5.91 Å². The van der Waals surface area contributed by atoms with Gasteiger partial charge in [0.25, 0.3) is 5.91 Å². The van der Waals surface area contributed by atoms with Crippen LogP contribution in [0.1, 0.15) is 27.7 Å². The van der Waals surface area contributed by atoms with Gasteiger partial charge in [0.15, 0.2) is 0 Å². The topological polar surface area (TPSA) is 71.3 Å². The van der Waals surface area contributed by atoms with E-state index >= 15 is 0 Å². The molecule has 0 spiro atoms. The minimum atomic E-state index is -0.995. The lowest BCUT2D eigenvalue weighted by Crippen LogP contribution is -2.39. The number of amides is 2. The van der Waals surface area contributed by atoms with E-state index in [9.17, 15) is 18.4 Å². The van der Waals surface area contributed by atoms with Crippen molar-refractivity contribution in [3.8, 4) is 0 Å². The van der Waals surface area contributed by atoms with Crippen molar-refractivity contribution in [2.24, 2.45) is 0 Å². The summed E-state index contributed by atoms with van der Waals surface area (Å²) in [5, 5.41) is 5.08. The molecule has 0 aliphatic heterocycles. The minimum Gasteiger partial charge on any atom is -0.467 e. The van der Waals surface area contributed by atoms with Gasteiger partial charge in [-0.05, 0) is 29.8 Å². The molecule has 1 unspecified atom stereocenters. The highest BCUT2D eigenvalue weighted by Gasteiger charge is 2.20. The Labute approximate surface area is 154 Å². The fraction of sp³-hybridized carbons (Fsp3) is 0.100. The number of furan rings is 1. The third-order valence-corrected chi connectivity index (χ3v) is 3.85. The van der Waals surface area contributed by atoms with Gasteiger partial charge in [0.05, 0.1) is 18.4 Å². The largest absolute Gasteiger partial charge is 0.467 e. The summed E-state index contributed by atoms with van der Waals surface area (Å²) in [6.07, 6.45) is 1.50. The van der Waals surface area contributed by atoms with Crippen molar-refractivity contribution < 1.29 is 22.8 Å². The zero-order chi connectivity index (χ0) is 19.2. The maximum atomic E-state index is 13.6. The molecule has 5 nitrogen and oxygen atoms in total. The van der Waals surface area contributed by atoms with Crippen molar-refractivity contribution in [2.45, 2.75) is 6.04 Å². The van der Waals surface area contributed by atoms with Crippen LogP contribution in [0.15, 0.2) is 71.3 Å². The highest BCUT2D eigenvalue weighted by atomic mass is 19.1. The maximum absolute atomic E-state index is 13.6. The van der Waals surface area contributed by atoms with Crippen molar-refractivity contribution in [1.82, 2.24) is 10.6 Å². The van der Waals surface area contributed by atoms with E-state index in [0.717, 1.165) is 17.7 Å². The average molecular weight is 370 g/mol. The third kappa shape index (κ3) is 4.58. The first-order chi connectivity index (χ1) is 13.0. The molecule has 7 heteroatoms. The van der Waals surface area contributed by atoms with Gasteiger partial charge in [-0.15, -0.1) is 0 Å². The van der Waals surface area contributed by atoms with E-state index < -0.39 is 29.5 Å². The number of rotatable bonds is 6. The van der Waals surface area contributed by atoms with Gasteiger partial charge in [0.1, 0.15) is 23.4 Å². The molecule has 0 fully saturated rings. The van der Waals surface area contributed by atoms with Crippen LogP contribution in [-0.4, -0.2) is 18.4 Å².